The molecule has 1 aromatic carbocycles. The molecule has 0 aliphatic carbocycles. The molecule has 0 unspecified atom stereocenters. The van der Waals surface area contributed by atoms with Crippen molar-refractivity contribution in [1.82, 2.24) is 9.80 Å². The van der Waals surface area contributed by atoms with E-state index in [0.717, 1.165) is 5.56 Å². The molecule has 0 saturated carbocycles. The highest BCUT2D eigenvalue weighted by atomic mass is 35.5. The highest BCUT2D eigenvalue weighted by Crippen LogP contribution is 2.31. The third kappa shape index (κ3) is 4.85. The van der Waals surface area contributed by atoms with Crippen molar-refractivity contribution >= 4 is 35.0 Å². The summed E-state index contributed by atoms with van der Waals surface area (Å²) in [5.41, 5.74) is 1.27. The number of piperazine rings is 1. The largest absolute Gasteiger partial charge is 0.495 e. The topological polar surface area (TPSA) is 79.0 Å². The van der Waals surface area contributed by atoms with Gasteiger partial charge in [0.2, 0.25) is 17.7 Å². The molecule has 25 heavy (non-hydrogen) atoms. The average Bonchev–Trinajstić information content (AvgIpc) is 2.57. The van der Waals surface area contributed by atoms with Gasteiger partial charge in [0.15, 0.2) is 0 Å². The molecule has 1 N–H and O–H groups in total. The minimum Gasteiger partial charge on any atom is -0.495 e. The number of nitrogens with one attached hydrogen (secondary N) is 1. The maximum atomic E-state index is 12.3. The van der Waals surface area contributed by atoms with E-state index in [-0.39, 0.29) is 18.2 Å². The fraction of sp³-hybridized carbons (Fsp3) is 0.471. The number of methoxy groups -OCH3 is 1. The summed E-state index contributed by atoms with van der Waals surface area (Å²) >= 11 is 6.04. The number of benzene rings is 1. The third-order valence-electron chi connectivity index (χ3n) is 4.14. The van der Waals surface area contributed by atoms with E-state index in [4.69, 9.17) is 16.3 Å². The minimum atomic E-state index is -0.418. The molecule has 0 atom stereocenters. The molecule has 2 rings (SSSR count). The first kappa shape index (κ1) is 19.1. The Morgan fingerprint density at radius 3 is 2.32 bits per heavy atom. The molecule has 0 bridgehead atoms. The Kier molecular flexibility index (Phi) is 6.25. The molecular formula is C17H22ClN3O4. The molecule has 8 heteroatoms. The second-order valence-electron chi connectivity index (χ2n) is 5.91. The number of hydrogen-bond acceptors (Lipinski definition) is 4. The van der Waals surface area contributed by atoms with Crippen molar-refractivity contribution in [3.05, 3.63) is 22.7 Å². The summed E-state index contributed by atoms with van der Waals surface area (Å²) in [6.45, 7) is 5.19. The van der Waals surface area contributed by atoms with Crippen molar-refractivity contribution in [1.29, 1.82) is 0 Å². The van der Waals surface area contributed by atoms with Crippen molar-refractivity contribution in [2.75, 3.05) is 38.6 Å². The highest BCUT2D eigenvalue weighted by molar-refractivity contribution is 6.31. The van der Waals surface area contributed by atoms with Crippen molar-refractivity contribution < 1.29 is 19.1 Å². The zero-order valence-electron chi connectivity index (χ0n) is 14.6. The number of aryl methyl sites for hydroxylation is 1. The Labute approximate surface area is 151 Å². The zero-order valence-corrected chi connectivity index (χ0v) is 15.4. The van der Waals surface area contributed by atoms with Gasteiger partial charge in [-0.1, -0.05) is 11.6 Å². The molecule has 1 aromatic rings. The minimum absolute atomic E-state index is 0.00459. The maximum absolute atomic E-state index is 12.3. The molecule has 1 aliphatic heterocycles. The molecule has 1 fully saturated rings. The maximum Gasteiger partial charge on any atom is 0.233 e. The predicted molar refractivity (Wildman–Crippen MR) is 94.8 cm³/mol. The second-order valence-corrected chi connectivity index (χ2v) is 6.32. The average molecular weight is 368 g/mol. The number of rotatable bonds is 4. The SMILES string of the molecule is COc1cc(Cl)c(C)cc1NC(=O)CC(=O)N1CCN(C(C)=O)CC1. The number of amides is 3. The standard InChI is InChI=1S/C17H22ClN3O4/c1-11-8-14(15(25-3)9-13(11)18)19-16(23)10-17(24)21-6-4-20(5-7-21)12(2)22/h8-9H,4-7,10H2,1-3H3,(H,19,23). The lowest BCUT2D eigenvalue weighted by molar-refractivity contribution is -0.140. The summed E-state index contributed by atoms with van der Waals surface area (Å²) in [5.74, 6) is -0.245. The van der Waals surface area contributed by atoms with Gasteiger partial charge in [0.1, 0.15) is 12.2 Å². The molecule has 1 aliphatic rings. The molecule has 3 amide bonds. The number of carbonyl (C=O) groups excluding carboxylic acids is 3. The van der Waals surface area contributed by atoms with Crippen molar-refractivity contribution in [3.8, 4) is 5.75 Å². The number of hydrogen-bond donors (Lipinski definition) is 1. The first-order valence-electron chi connectivity index (χ1n) is 7.99. The molecule has 0 radical (unpaired) electrons. The highest BCUT2D eigenvalue weighted by Gasteiger charge is 2.24. The lowest BCUT2D eigenvalue weighted by Gasteiger charge is -2.34. The summed E-state index contributed by atoms with van der Waals surface area (Å²) in [7, 11) is 1.48. The molecule has 1 heterocycles. The van der Waals surface area contributed by atoms with Crippen LogP contribution in [0.3, 0.4) is 0 Å². The quantitative estimate of drug-likeness (QED) is 0.821. The second kappa shape index (κ2) is 8.20. The zero-order chi connectivity index (χ0) is 18.6. The van der Waals surface area contributed by atoms with E-state index in [1.165, 1.54) is 14.0 Å². The lowest BCUT2D eigenvalue weighted by atomic mass is 10.2. The molecule has 7 nitrogen and oxygen atoms in total. The first-order chi connectivity index (χ1) is 11.8. The molecule has 136 valence electrons. The van der Waals surface area contributed by atoms with E-state index in [1.54, 1.807) is 21.9 Å². The van der Waals surface area contributed by atoms with Gasteiger partial charge in [-0.05, 0) is 18.6 Å². The van der Waals surface area contributed by atoms with Gasteiger partial charge in [-0.15, -0.1) is 0 Å². The summed E-state index contributed by atoms with van der Waals surface area (Å²) < 4.78 is 5.21. The predicted octanol–water partition coefficient (Wildman–Crippen LogP) is 1.68. The van der Waals surface area contributed by atoms with Crippen molar-refractivity contribution in [3.63, 3.8) is 0 Å². The molecule has 0 aromatic heterocycles. The van der Waals surface area contributed by atoms with Crippen LogP contribution in [-0.4, -0.2) is 60.8 Å². The van der Waals surface area contributed by atoms with Crippen LogP contribution >= 0.6 is 11.6 Å². The molecular weight excluding hydrogens is 346 g/mol. The van der Waals surface area contributed by atoms with Crippen LogP contribution in [-0.2, 0) is 14.4 Å². The molecule has 1 saturated heterocycles. The van der Waals surface area contributed by atoms with E-state index >= 15 is 0 Å². The third-order valence-corrected chi connectivity index (χ3v) is 4.55. The Hall–Kier alpha value is -2.28. The van der Waals surface area contributed by atoms with Crippen LogP contribution in [0.1, 0.15) is 18.9 Å². The van der Waals surface area contributed by atoms with Crippen molar-refractivity contribution in [2.45, 2.75) is 20.3 Å². The van der Waals surface area contributed by atoms with Gasteiger partial charge in [0.05, 0.1) is 12.8 Å². The van der Waals surface area contributed by atoms with Crippen LogP contribution in [0.5, 0.6) is 5.75 Å². The van der Waals surface area contributed by atoms with E-state index < -0.39 is 5.91 Å². The Morgan fingerprint density at radius 2 is 1.76 bits per heavy atom. The number of anilines is 1. The van der Waals surface area contributed by atoms with Crippen LogP contribution in [0, 0.1) is 6.92 Å². The van der Waals surface area contributed by atoms with Gasteiger partial charge >= 0.3 is 0 Å². The lowest BCUT2D eigenvalue weighted by Crippen LogP contribution is -2.50. The van der Waals surface area contributed by atoms with Crippen LogP contribution in [0.15, 0.2) is 12.1 Å². The summed E-state index contributed by atoms with van der Waals surface area (Å²) in [6.07, 6.45) is -0.259. The van der Waals surface area contributed by atoms with Crippen LogP contribution in [0.4, 0.5) is 5.69 Å². The summed E-state index contributed by atoms with van der Waals surface area (Å²) in [4.78, 5) is 39.0. The van der Waals surface area contributed by atoms with Gasteiger partial charge in [0, 0.05) is 44.2 Å². The van der Waals surface area contributed by atoms with Gasteiger partial charge in [-0.2, -0.15) is 0 Å². The Morgan fingerprint density at radius 1 is 1.16 bits per heavy atom. The monoisotopic (exact) mass is 367 g/mol. The van der Waals surface area contributed by atoms with Gasteiger partial charge in [-0.3, -0.25) is 14.4 Å². The van der Waals surface area contributed by atoms with Crippen LogP contribution in [0.25, 0.3) is 0 Å². The fourth-order valence-electron chi connectivity index (χ4n) is 2.64. The smallest absolute Gasteiger partial charge is 0.233 e. The van der Waals surface area contributed by atoms with Gasteiger partial charge in [-0.25, -0.2) is 0 Å². The summed E-state index contributed by atoms with van der Waals surface area (Å²) in [6, 6.07) is 3.32. The van der Waals surface area contributed by atoms with Crippen LogP contribution < -0.4 is 10.1 Å². The Balaban J connectivity index is 1.93. The van der Waals surface area contributed by atoms with Gasteiger partial charge < -0.3 is 19.9 Å². The normalized spacial score (nSPS) is 14.2. The first-order valence-corrected chi connectivity index (χ1v) is 8.37. The van der Waals surface area contributed by atoms with Crippen LogP contribution in [0.2, 0.25) is 5.02 Å². The van der Waals surface area contributed by atoms with Gasteiger partial charge in [0.25, 0.3) is 0 Å². The van der Waals surface area contributed by atoms with E-state index in [0.29, 0.717) is 42.6 Å². The number of nitrogens with zero attached hydrogens (tertiary/aromatic N) is 2. The fourth-order valence-corrected chi connectivity index (χ4v) is 2.80. The van der Waals surface area contributed by atoms with E-state index in [1.807, 2.05) is 6.92 Å². The number of halogens is 1. The number of ether oxygens (including phenoxy) is 1. The summed E-state index contributed by atoms with van der Waals surface area (Å²) in [5, 5.41) is 3.23. The number of carbonyl (C=O) groups is 3. The van der Waals surface area contributed by atoms with E-state index in [9.17, 15) is 14.4 Å². The van der Waals surface area contributed by atoms with Crippen molar-refractivity contribution in [2.24, 2.45) is 0 Å². The molecule has 0 spiro atoms. The Bertz CT molecular complexity index is 685. The van der Waals surface area contributed by atoms with E-state index in [2.05, 4.69) is 5.32 Å².